The van der Waals surface area contributed by atoms with Crippen molar-refractivity contribution >= 4 is 17.6 Å². The molecule has 2 aromatic rings. The molecule has 1 saturated carbocycles. The summed E-state index contributed by atoms with van der Waals surface area (Å²) in [5.74, 6) is 1.30. The van der Waals surface area contributed by atoms with E-state index in [1.54, 1.807) is 17.1 Å². The summed E-state index contributed by atoms with van der Waals surface area (Å²) in [5.41, 5.74) is 0.983. The molecule has 1 N–H and O–H groups in total. The summed E-state index contributed by atoms with van der Waals surface area (Å²) in [6.45, 7) is 1.00. The fourth-order valence-corrected chi connectivity index (χ4v) is 4.13. The summed E-state index contributed by atoms with van der Waals surface area (Å²) < 4.78 is 16.0. The molecule has 3 amide bonds. The molecule has 2 fully saturated rings. The van der Waals surface area contributed by atoms with Crippen molar-refractivity contribution < 1.29 is 23.8 Å². The Balaban J connectivity index is 1.53. The second-order valence-electron chi connectivity index (χ2n) is 7.70. The van der Waals surface area contributed by atoms with Crippen LogP contribution in [0.25, 0.3) is 0 Å². The van der Waals surface area contributed by atoms with Crippen molar-refractivity contribution in [3.8, 4) is 17.2 Å². The number of carbonyl (C=O) groups excluding carboxylic acids is 2. The summed E-state index contributed by atoms with van der Waals surface area (Å²) in [6.07, 6.45) is 2.34. The van der Waals surface area contributed by atoms with E-state index in [-0.39, 0.29) is 11.9 Å². The van der Waals surface area contributed by atoms with Gasteiger partial charge in [-0.1, -0.05) is 30.3 Å². The van der Waals surface area contributed by atoms with Crippen molar-refractivity contribution in [1.29, 1.82) is 0 Å². The predicted octanol–water partition coefficient (Wildman–Crippen LogP) is 3.43. The van der Waals surface area contributed by atoms with Crippen LogP contribution in [0.15, 0.2) is 42.5 Å². The highest BCUT2D eigenvalue weighted by Crippen LogP contribution is 2.50. The highest BCUT2D eigenvalue weighted by atomic mass is 16.5. The van der Waals surface area contributed by atoms with Gasteiger partial charge >= 0.3 is 6.03 Å². The Labute approximate surface area is 181 Å². The van der Waals surface area contributed by atoms with Crippen molar-refractivity contribution in [2.24, 2.45) is 0 Å². The number of nitrogens with zero attached hydrogens (tertiary/aromatic N) is 2. The monoisotopic (exact) mass is 425 g/mol. The molecule has 0 radical (unpaired) electrons. The summed E-state index contributed by atoms with van der Waals surface area (Å²) in [6, 6.07) is 12.8. The molecule has 0 atom stereocenters. The number of anilines is 1. The van der Waals surface area contributed by atoms with Crippen LogP contribution in [0.3, 0.4) is 0 Å². The van der Waals surface area contributed by atoms with Crippen LogP contribution in [0.4, 0.5) is 10.5 Å². The number of urea groups is 1. The van der Waals surface area contributed by atoms with Gasteiger partial charge in [-0.3, -0.25) is 4.79 Å². The second kappa shape index (κ2) is 8.37. The number of ether oxygens (including phenoxy) is 3. The number of hydrogen-bond acceptors (Lipinski definition) is 5. The number of carbonyl (C=O) groups is 2. The van der Waals surface area contributed by atoms with Gasteiger partial charge in [0.2, 0.25) is 5.75 Å². The van der Waals surface area contributed by atoms with Gasteiger partial charge < -0.3 is 19.5 Å². The number of hydrogen-bond donors (Lipinski definition) is 1. The average Bonchev–Trinajstić information content (AvgIpc) is 3.47. The number of methoxy groups -OCH3 is 3. The number of rotatable bonds is 6. The Morgan fingerprint density at radius 1 is 0.903 bits per heavy atom. The van der Waals surface area contributed by atoms with Crippen molar-refractivity contribution in [3.05, 3.63) is 48.0 Å². The SMILES string of the molecule is COc1cc(NC(=O)N2CCCN2C(=O)C2(c3ccccc3)CC2)cc(OC)c1OC. The Hall–Kier alpha value is -3.42. The van der Waals surface area contributed by atoms with E-state index < -0.39 is 5.41 Å². The first-order valence-electron chi connectivity index (χ1n) is 10.3. The zero-order valence-electron chi connectivity index (χ0n) is 18.0. The van der Waals surface area contributed by atoms with Gasteiger partial charge in [-0.25, -0.2) is 14.8 Å². The van der Waals surface area contributed by atoms with Crippen LogP contribution in [0.2, 0.25) is 0 Å². The molecule has 1 aliphatic carbocycles. The topological polar surface area (TPSA) is 80.3 Å². The minimum atomic E-state index is -0.517. The van der Waals surface area contributed by atoms with Gasteiger partial charge in [0.15, 0.2) is 11.5 Å². The quantitative estimate of drug-likeness (QED) is 0.767. The number of benzene rings is 2. The van der Waals surface area contributed by atoms with Crippen molar-refractivity contribution in [2.45, 2.75) is 24.7 Å². The van der Waals surface area contributed by atoms with E-state index in [0.29, 0.717) is 36.0 Å². The van der Waals surface area contributed by atoms with Crippen molar-refractivity contribution in [3.63, 3.8) is 0 Å². The van der Waals surface area contributed by atoms with Crippen LogP contribution >= 0.6 is 0 Å². The van der Waals surface area contributed by atoms with Crippen LogP contribution in [0.1, 0.15) is 24.8 Å². The molecule has 2 aliphatic rings. The Morgan fingerprint density at radius 3 is 2.06 bits per heavy atom. The van der Waals surface area contributed by atoms with Gasteiger partial charge in [0, 0.05) is 25.2 Å². The van der Waals surface area contributed by atoms with E-state index in [4.69, 9.17) is 14.2 Å². The maximum absolute atomic E-state index is 13.4. The highest BCUT2D eigenvalue weighted by Gasteiger charge is 2.54. The van der Waals surface area contributed by atoms with Gasteiger partial charge in [0.1, 0.15) is 0 Å². The number of nitrogens with one attached hydrogen (secondary N) is 1. The van der Waals surface area contributed by atoms with Crippen LogP contribution in [-0.4, -0.2) is 56.4 Å². The van der Waals surface area contributed by atoms with Crippen LogP contribution in [0.5, 0.6) is 17.2 Å². The Kier molecular flexibility index (Phi) is 5.63. The predicted molar refractivity (Wildman–Crippen MR) is 116 cm³/mol. The molecule has 164 valence electrons. The lowest BCUT2D eigenvalue weighted by Gasteiger charge is -2.31. The summed E-state index contributed by atoms with van der Waals surface area (Å²) in [4.78, 5) is 26.5. The summed E-state index contributed by atoms with van der Waals surface area (Å²) in [5, 5.41) is 5.94. The molecule has 0 aromatic heterocycles. The summed E-state index contributed by atoms with van der Waals surface area (Å²) >= 11 is 0. The third kappa shape index (κ3) is 3.73. The number of amides is 3. The molecular formula is C23H27N3O5. The van der Waals surface area contributed by atoms with Gasteiger partial charge in [0.05, 0.1) is 32.4 Å². The van der Waals surface area contributed by atoms with E-state index in [9.17, 15) is 9.59 Å². The van der Waals surface area contributed by atoms with Gasteiger partial charge in [-0.15, -0.1) is 0 Å². The Morgan fingerprint density at radius 2 is 1.52 bits per heavy atom. The van der Waals surface area contributed by atoms with E-state index in [0.717, 1.165) is 24.8 Å². The second-order valence-corrected chi connectivity index (χ2v) is 7.70. The fraction of sp³-hybridized carbons (Fsp3) is 0.391. The molecule has 0 spiro atoms. The minimum Gasteiger partial charge on any atom is -0.493 e. The smallest absolute Gasteiger partial charge is 0.340 e. The van der Waals surface area contributed by atoms with Crippen molar-refractivity contribution in [1.82, 2.24) is 10.0 Å². The molecule has 4 rings (SSSR count). The largest absolute Gasteiger partial charge is 0.493 e. The van der Waals surface area contributed by atoms with E-state index in [2.05, 4.69) is 5.32 Å². The van der Waals surface area contributed by atoms with Gasteiger partial charge in [0.25, 0.3) is 5.91 Å². The maximum atomic E-state index is 13.4. The Bertz CT molecular complexity index is 949. The highest BCUT2D eigenvalue weighted by molar-refractivity contribution is 5.96. The molecule has 8 heteroatoms. The molecular weight excluding hydrogens is 398 g/mol. The lowest BCUT2D eigenvalue weighted by atomic mass is 9.95. The van der Waals surface area contributed by atoms with Crippen LogP contribution in [0, 0.1) is 0 Å². The molecule has 1 saturated heterocycles. The lowest BCUT2D eigenvalue weighted by Crippen LogP contribution is -2.50. The third-order valence-corrected chi connectivity index (χ3v) is 5.90. The lowest BCUT2D eigenvalue weighted by molar-refractivity contribution is -0.142. The maximum Gasteiger partial charge on any atom is 0.340 e. The molecule has 2 aromatic carbocycles. The van der Waals surface area contributed by atoms with Crippen LogP contribution in [-0.2, 0) is 10.2 Å². The zero-order chi connectivity index (χ0) is 22.0. The van der Waals surface area contributed by atoms with E-state index in [1.807, 2.05) is 30.3 Å². The van der Waals surface area contributed by atoms with Gasteiger partial charge in [-0.05, 0) is 24.8 Å². The summed E-state index contributed by atoms with van der Waals surface area (Å²) in [7, 11) is 4.55. The first-order chi connectivity index (χ1) is 15.0. The first-order valence-corrected chi connectivity index (χ1v) is 10.3. The molecule has 1 heterocycles. The average molecular weight is 425 g/mol. The van der Waals surface area contributed by atoms with Gasteiger partial charge in [-0.2, -0.15) is 0 Å². The van der Waals surface area contributed by atoms with Crippen molar-refractivity contribution in [2.75, 3.05) is 39.7 Å². The molecule has 8 nitrogen and oxygen atoms in total. The first kappa shape index (κ1) is 20.8. The molecule has 1 aliphatic heterocycles. The number of hydrazine groups is 1. The minimum absolute atomic E-state index is 0.0174. The standard InChI is InChI=1S/C23H27N3O5/c1-29-18-14-17(15-19(30-2)20(18)31-3)24-22(28)26-13-7-12-25(26)21(27)23(10-11-23)16-8-5-4-6-9-16/h4-6,8-9,14-15H,7,10-13H2,1-3H3,(H,24,28). The third-order valence-electron chi connectivity index (χ3n) is 5.90. The van der Waals surface area contributed by atoms with E-state index in [1.165, 1.54) is 26.3 Å². The fourth-order valence-electron chi connectivity index (χ4n) is 4.13. The molecule has 0 unspecified atom stereocenters. The zero-order valence-corrected chi connectivity index (χ0v) is 18.0. The van der Waals surface area contributed by atoms with Crippen LogP contribution < -0.4 is 19.5 Å². The molecule has 31 heavy (non-hydrogen) atoms. The normalized spacial score (nSPS) is 16.6. The van der Waals surface area contributed by atoms with E-state index >= 15 is 0 Å². The molecule has 0 bridgehead atoms.